The summed E-state index contributed by atoms with van der Waals surface area (Å²) in [5.41, 5.74) is 4.53. The van der Waals surface area contributed by atoms with Gasteiger partial charge in [0.25, 0.3) is 0 Å². The van der Waals surface area contributed by atoms with Crippen LogP contribution in [-0.4, -0.2) is 60.1 Å². The Morgan fingerprint density at radius 2 is 1.60 bits per heavy atom. The van der Waals surface area contributed by atoms with Crippen LogP contribution in [0.3, 0.4) is 0 Å². The van der Waals surface area contributed by atoms with E-state index in [1.165, 1.54) is 5.56 Å². The second-order valence-corrected chi connectivity index (χ2v) is 8.41. The lowest BCUT2D eigenvalue weighted by Crippen LogP contribution is -2.47. The van der Waals surface area contributed by atoms with E-state index < -0.39 is 0 Å². The van der Waals surface area contributed by atoms with Crippen molar-refractivity contribution in [1.29, 1.82) is 0 Å². The van der Waals surface area contributed by atoms with Gasteiger partial charge in [0.2, 0.25) is 5.95 Å². The van der Waals surface area contributed by atoms with Gasteiger partial charge in [-0.05, 0) is 49.8 Å². The van der Waals surface area contributed by atoms with Gasteiger partial charge in [-0.25, -0.2) is 15.0 Å². The Labute approximate surface area is 183 Å². The third-order valence-corrected chi connectivity index (χ3v) is 5.50. The van der Waals surface area contributed by atoms with Crippen molar-refractivity contribution in [3.63, 3.8) is 0 Å². The Balaban J connectivity index is 1.42. The summed E-state index contributed by atoms with van der Waals surface area (Å²) in [5, 5.41) is 0.709. The number of halogens is 1. The number of nitrogens with zero attached hydrogens (tertiary/aromatic N) is 6. The summed E-state index contributed by atoms with van der Waals surface area (Å²) >= 11 is 6.39. The summed E-state index contributed by atoms with van der Waals surface area (Å²) in [4.78, 5) is 20.4. The molecule has 0 amide bonds. The van der Waals surface area contributed by atoms with E-state index in [0.717, 1.165) is 61.2 Å². The summed E-state index contributed by atoms with van der Waals surface area (Å²) in [6.45, 7) is 6.27. The summed E-state index contributed by atoms with van der Waals surface area (Å²) in [6.07, 6.45) is 5.70. The van der Waals surface area contributed by atoms with Crippen molar-refractivity contribution in [2.75, 3.05) is 50.1 Å². The first-order valence-corrected chi connectivity index (χ1v) is 10.6. The van der Waals surface area contributed by atoms with Gasteiger partial charge in [-0.15, -0.1) is 0 Å². The molecule has 1 aliphatic rings. The standard InChI is InChI=1S/C23H27ClN6/c1-17-11-21(24)22(25-13-17)29-7-9-30(10-8-29)23-26-14-20(15-27-23)19-6-4-5-18(12-19)16-28(2)3/h4-6,11-15H,7-10,16H2,1-3H3. The fourth-order valence-electron chi connectivity index (χ4n) is 3.73. The van der Waals surface area contributed by atoms with Crippen molar-refractivity contribution in [2.45, 2.75) is 13.5 Å². The van der Waals surface area contributed by atoms with Crippen LogP contribution in [0, 0.1) is 6.92 Å². The minimum absolute atomic E-state index is 0.709. The van der Waals surface area contributed by atoms with Crippen LogP contribution in [0.5, 0.6) is 0 Å². The molecule has 0 aliphatic carbocycles. The quantitative estimate of drug-likeness (QED) is 0.621. The lowest BCUT2D eigenvalue weighted by Gasteiger charge is -2.35. The van der Waals surface area contributed by atoms with E-state index in [0.29, 0.717) is 5.02 Å². The highest BCUT2D eigenvalue weighted by atomic mass is 35.5. The van der Waals surface area contributed by atoms with E-state index in [1.807, 2.05) is 31.6 Å². The van der Waals surface area contributed by atoms with Crippen molar-refractivity contribution in [1.82, 2.24) is 19.9 Å². The molecule has 0 atom stereocenters. The van der Waals surface area contributed by atoms with E-state index in [-0.39, 0.29) is 0 Å². The number of pyridine rings is 1. The SMILES string of the molecule is Cc1cnc(N2CCN(c3ncc(-c4cccc(CN(C)C)c4)cn3)CC2)c(Cl)c1. The van der Waals surface area contributed by atoms with Crippen LogP contribution in [0.15, 0.2) is 48.9 Å². The van der Waals surface area contributed by atoms with Crippen LogP contribution < -0.4 is 9.80 Å². The highest BCUT2D eigenvalue weighted by molar-refractivity contribution is 6.33. The zero-order valence-electron chi connectivity index (χ0n) is 17.7. The van der Waals surface area contributed by atoms with Gasteiger partial charge in [-0.1, -0.05) is 29.8 Å². The normalized spacial score (nSPS) is 14.4. The molecule has 0 saturated carbocycles. The Bertz CT molecular complexity index is 997. The molecule has 3 aromatic rings. The molecule has 1 aromatic carbocycles. The molecule has 156 valence electrons. The Hall–Kier alpha value is -2.70. The molecule has 1 saturated heterocycles. The summed E-state index contributed by atoms with van der Waals surface area (Å²) in [7, 11) is 4.15. The molecule has 30 heavy (non-hydrogen) atoms. The van der Waals surface area contributed by atoms with Gasteiger partial charge in [0, 0.05) is 56.9 Å². The smallest absolute Gasteiger partial charge is 0.225 e. The van der Waals surface area contributed by atoms with E-state index >= 15 is 0 Å². The van der Waals surface area contributed by atoms with Crippen LogP contribution in [0.25, 0.3) is 11.1 Å². The maximum absolute atomic E-state index is 6.39. The van der Waals surface area contributed by atoms with E-state index in [4.69, 9.17) is 11.6 Å². The van der Waals surface area contributed by atoms with Crippen molar-refractivity contribution < 1.29 is 0 Å². The summed E-state index contributed by atoms with van der Waals surface area (Å²) in [6, 6.07) is 10.5. The number of anilines is 2. The van der Waals surface area contributed by atoms with E-state index in [1.54, 1.807) is 0 Å². The molecule has 3 heterocycles. The minimum atomic E-state index is 0.709. The van der Waals surface area contributed by atoms with Crippen LogP contribution >= 0.6 is 11.6 Å². The van der Waals surface area contributed by atoms with Crippen molar-refractivity contribution in [2.24, 2.45) is 0 Å². The fourth-order valence-corrected chi connectivity index (χ4v) is 4.07. The van der Waals surface area contributed by atoms with Crippen LogP contribution in [-0.2, 0) is 6.54 Å². The Morgan fingerprint density at radius 3 is 2.27 bits per heavy atom. The Kier molecular flexibility index (Phi) is 6.16. The third-order valence-electron chi connectivity index (χ3n) is 5.22. The van der Waals surface area contributed by atoms with Gasteiger partial charge in [-0.2, -0.15) is 0 Å². The predicted molar refractivity (Wildman–Crippen MR) is 123 cm³/mol. The summed E-state index contributed by atoms with van der Waals surface area (Å²) < 4.78 is 0. The molecule has 4 rings (SSSR count). The van der Waals surface area contributed by atoms with Gasteiger partial charge >= 0.3 is 0 Å². The molecule has 0 spiro atoms. The molecule has 0 radical (unpaired) electrons. The molecule has 0 unspecified atom stereocenters. The maximum atomic E-state index is 6.39. The number of hydrogen-bond donors (Lipinski definition) is 0. The Morgan fingerprint density at radius 1 is 0.900 bits per heavy atom. The molecule has 1 fully saturated rings. The molecule has 2 aromatic heterocycles. The highest BCUT2D eigenvalue weighted by Gasteiger charge is 2.21. The van der Waals surface area contributed by atoms with Crippen LogP contribution in [0.1, 0.15) is 11.1 Å². The minimum Gasteiger partial charge on any atom is -0.352 e. The van der Waals surface area contributed by atoms with Gasteiger partial charge in [-0.3, -0.25) is 0 Å². The predicted octanol–water partition coefficient (Wildman–Crippen LogP) is 3.89. The third kappa shape index (κ3) is 4.71. The number of rotatable bonds is 5. The van der Waals surface area contributed by atoms with Gasteiger partial charge in [0.15, 0.2) is 0 Å². The largest absolute Gasteiger partial charge is 0.352 e. The molecular weight excluding hydrogens is 396 g/mol. The molecule has 7 heteroatoms. The molecular formula is C23H27ClN6. The maximum Gasteiger partial charge on any atom is 0.225 e. The van der Waals surface area contributed by atoms with Crippen LogP contribution in [0.2, 0.25) is 5.02 Å². The van der Waals surface area contributed by atoms with Crippen molar-refractivity contribution in [3.8, 4) is 11.1 Å². The average molecular weight is 423 g/mol. The molecule has 6 nitrogen and oxygen atoms in total. The average Bonchev–Trinajstić information content (AvgIpc) is 2.74. The number of piperazine rings is 1. The van der Waals surface area contributed by atoms with Crippen molar-refractivity contribution in [3.05, 3.63) is 65.1 Å². The summed E-state index contributed by atoms with van der Waals surface area (Å²) in [5.74, 6) is 1.63. The fraction of sp³-hybridized carbons (Fsp3) is 0.348. The first-order chi connectivity index (χ1) is 14.5. The van der Waals surface area contributed by atoms with E-state index in [2.05, 4.69) is 68.0 Å². The first-order valence-electron chi connectivity index (χ1n) is 10.2. The number of hydrogen-bond acceptors (Lipinski definition) is 6. The lowest BCUT2D eigenvalue weighted by atomic mass is 10.1. The number of aryl methyl sites for hydroxylation is 1. The zero-order valence-corrected chi connectivity index (χ0v) is 18.5. The zero-order chi connectivity index (χ0) is 21.1. The van der Waals surface area contributed by atoms with Gasteiger partial charge in [0.1, 0.15) is 5.82 Å². The molecule has 0 bridgehead atoms. The van der Waals surface area contributed by atoms with E-state index in [9.17, 15) is 0 Å². The topological polar surface area (TPSA) is 48.4 Å². The molecule has 0 N–H and O–H groups in total. The first kappa shape index (κ1) is 20.6. The van der Waals surface area contributed by atoms with Crippen molar-refractivity contribution >= 4 is 23.4 Å². The second-order valence-electron chi connectivity index (χ2n) is 8.00. The lowest BCUT2D eigenvalue weighted by molar-refractivity contribution is 0.402. The number of benzene rings is 1. The number of aromatic nitrogens is 3. The van der Waals surface area contributed by atoms with Crippen LogP contribution in [0.4, 0.5) is 11.8 Å². The second kappa shape index (κ2) is 8.98. The van der Waals surface area contributed by atoms with Gasteiger partial charge in [0.05, 0.1) is 5.02 Å². The molecule has 1 aliphatic heterocycles. The highest BCUT2D eigenvalue weighted by Crippen LogP contribution is 2.26. The monoisotopic (exact) mass is 422 g/mol. The van der Waals surface area contributed by atoms with Gasteiger partial charge < -0.3 is 14.7 Å².